The number of benzene rings is 1. The third kappa shape index (κ3) is 5.28. The number of hydrogen-bond donors (Lipinski definition) is 0. The van der Waals surface area contributed by atoms with Gasteiger partial charge >= 0.3 is 0 Å². The van der Waals surface area contributed by atoms with Gasteiger partial charge in [0.05, 0.1) is 6.42 Å². The maximum absolute atomic E-state index is 11.8. The molecule has 0 spiro atoms. The van der Waals surface area contributed by atoms with Crippen molar-refractivity contribution in [1.29, 1.82) is 0 Å². The number of oxazole rings is 1. The minimum Gasteiger partial charge on any atom is -0.448 e. The molecule has 22 heavy (non-hydrogen) atoms. The quantitative estimate of drug-likeness (QED) is 0.522. The first kappa shape index (κ1) is 16.1. The largest absolute Gasteiger partial charge is 0.448 e. The Labute approximate surface area is 130 Å². The molecule has 0 saturated carbocycles. The lowest BCUT2D eigenvalue weighted by molar-refractivity contribution is -0.118. The van der Waals surface area contributed by atoms with Gasteiger partial charge in [0, 0.05) is 13.3 Å². The van der Waals surface area contributed by atoms with E-state index in [2.05, 4.69) is 17.1 Å². The van der Waals surface area contributed by atoms with Crippen LogP contribution in [0.1, 0.15) is 54.5 Å². The molecule has 4 nitrogen and oxygen atoms in total. The Hall–Kier alpha value is -2.23. The fourth-order valence-electron chi connectivity index (χ4n) is 2.28. The number of nitrogens with zero attached hydrogens (tertiary/aromatic N) is 1. The summed E-state index contributed by atoms with van der Waals surface area (Å²) in [5.41, 5.74) is 1.62. The molecule has 0 fully saturated rings. The summed E-state index contributed by atoms with van der Waals surface area (Å²) in [5, 5.41) is 0. The summed E-state index contributed by atoms with van der Waals surface area (Å²) in [6, 6.07) is 10.4. The number of ketones is 2. The average molecular weight is 299 g/mol. The van der Waals surface area contributed by atoms with E-state index in [1.54, 1.807) is 0 Å². The Balaban J connectivity index is 1.62. The summed E-state index contributed by atoms with van der Waals surface area (Å²) in [5.74, 6) is 0.291. The summed E-state index contributed by atoms with van der Waals surface area (Å²) < 4.78 is 5.13. The Morgan fingerprint density at radius 1 is 1.09 bits per heavy atom. The van der Waals surface area contributed by atoms with Gasteiger partial charge in [-0.2, -0.15) is 0 Å². The van der Waals surface area contributed by atoms with Crippen LogP contribution in [0.25, 0.3) is 0 Å². The molecular weight excluding hydrogens is 278 g/mol. The van der Waals surface area contributed by atoms with Gasteiger partial charge in [0.15, 0.2) is 5.78 Å². The molecule has 4 heteroatoms. The van der Waals surface area contributed by atoms with Crippen molar-refractivity contribution in [3.63, 3.8) is 0 Å². The Morgan fingerprint density at radius 2 is 1.86 bits per heavy atom. The SMILES string of the molecule is CC(=O)c1coc(CC(=O)CCCCCc2ccccc2)n1. The van der Waals surface area contributed by atoms with Crippen molar-refractivity contribution in [2.45, 2.75) is 45.4 Å². The van der Waals surface area contributed by atoms with Gasteiger partial charge in [-0.1, -0.05) is 36.8 Å². The number of hydrogen-bond acceptors (Lipinski definition) is 4. The van der Waals surface area contributed by atoms with E-state index in [0.29, 0.717) is 12.3 Å². The van der Waals surface area contributed by atoms with E-state index in [9.17, 15) is 9.59 Å². The van der Waals surface area contributed by atoms with E-state index in [1.165, 1.54) is 18.8 Å². The van der Waals surface area contributed by atoms with Crippen LogP contribution < -0.4 is 0 Å². The van der Waals surface area contributed by atoms with Crippen LogP contribution in [-0.4, -0.2) is 16.6 Å². The summed E-state index contributed by atoms with van der Waals surface area (Å²) >= 11 is 0. The molecule has 1 aromatic heterocycles. The lowest BCUT2D eigenvalue weighted by atomic mass is 10.0. The van der Waals surface area contributed by atoms with Crippen LogP contribution in [0.4, 0.5) is 0 Å². The second kappa shape index (κ2) is 8.27. The molecule has 0 amide bonds. The number of carbonyl (C=O) groups excluding carboxylic acids is 2. The second-order valence-electron chi connectivity index (χ2n) is 5.44. The molecule has 0 aliphatic heterocycles. The topological polar surface area (TPSA) is 60.2 Å². The van der Waals surface area contributed by atoms with E-state index < -0.39 is 0 Å². The Morgan fingerprint density at radius 3 is 2.55 bits per heavy atom. The number of aryl methyl sites for hydroxylation is 1. The molecule has 0 unspecified atom stereocenters. The zero-order valence-corrected chi connectivity index (χ0v) is 12.9. The Bertz CT molecular complexity index is 616. The Kier molecular flexibility index (Phi) is 6.07. The van der Waals surface area contributed by atoms with E-state index in [1.807, 2.05) is 18.2 Å². The third-order valence-electron chi connectivity index (χ3n) is 3.52. The predicted octanol–water partition coefficient (Wildman–Crippen LogP) is 3.79. The van der Waals surface area contributed by atoms with Crippen LogP contribution in [0.2, 0.25) is 0 Å². The van der Waals surface area contributed by atoms with Crippen molar-refractivity contribution in [3.05, 3.63) is 53.7 Å². The van der Waals surface area contributed by atoms with Gasteiger partial charge in [-0.3, -0.25) is 9.59 Å². The minimum absolute atomic E-state index is 0.108. The van der Waals surface area contributed by atoms with Crippen LogP contribution in [0.15, 0.2) is 41.0 Å². The summed E-state index contributed by atoms with van der Waals surface area (Å²) in [6.07, 6.45) is 6.07. The highest BCUT2D eigenvalue weighted by Gasteiger charge is 2.11. The molecule has 2 aromatic rings. The van der Waals surface area contributed by atoms with Gasteiger partial charge in [0.25, 0.3) is 0 Å². The highest BCUT2D eigenvalue weighted by molar-refractivity contribution is 5.91. The van der Waals surface area contributed by atoms with Crippen molar-refractivity contribution in [2.75, 3.05) is 0 Å². The molecular formula is C18H21NO3. The fourth-order valence-corrected chi connectivity index (χ4v) is 2.28. The molecule has 0 atom stereocenters. The van der Waals surface area contributed by atoms with Gasteiger partial charge in [0.2, 0.25) is 5.89 Å². The molecule has 0 aliphatic carbocycles. The molecule has 116 valence electrons. The zero-order valence-electron chi connectivity index (χ0n) is 12.9. The van der Waals surface area contributed by atoms with Crippen molar-refractivity contribution in [1.82, 2.24) is 4.98 Å². The van der Waals surface area contributed by atoms with Crippen LogP contribution in [0.3, 0.4) is 0 Å². The van der Waals surface area contributed by atoms with E-state index in [0.717, 1.165) is 25.7 Å². The number of Topliss-reactive ketones (excluding diaryl/α,β-unsaturated/α-hetero) is 2. The summed E-state index contributed by atoms with van der Waals surface area (Å²) in [4.78, 5) is 26.9. The van der Waals surface area contributed by atoms with E-state index >= 15 is 0 Å². The molecule has 0 radical (unpaired) electrons. The highest BCUT2D eigenvalue weighted by atomic mass is 16.3. The first-order valence-electron chi connectivity index (χ1n) is 7.66. The van der Waals surface area contributed by atoms with E-state index in [4.69, 9.17) is 4.42 Å². The lowest BCUT2D eigenvalue weighted by Crippen LogP contribution is -2.03. The molecule has 0 aliphatic rings. The number of rotatable bonds is 9. The number of aromatic nitrogens is 1. The second-order valence-corrected chi connectivity index (χ2v) is 5.44. The lowest BCUT2D eigenvalue weighted by Gasteiger charge is -2.01. The molecule has 1 aromatic carbocycles. The zero-order chi connectivity index (χ0) is 15.8. The first-order valence-corrected chi connectivity index (χ1v) is 7.66. The molecule has 0 bridgehead atoms. The summed E-state index contributed by atoms with van der Waals surface area (Å²) in [7, 11) is 0. The molecule has 0 saturated heterocycles. The predicted molar refractivity (Wildman–Crippen MR) is 83.8 cm³/mol. The minimum atomic E-state index is -0.150. The molecule has 2 rings (SSSR count). The van der Waals surface area contributed by atoms with Crippen LogP contribution >= 0.6 is 0 Å². The smallest absolute Gasteiger partial charge is 0.202 e. The fraction of sp³-hybridized carbons (Fsp3) is 0.389. The number of unbranched alkanes of at least 4 members (excludes halogenated alkanes) is 2. The highest BCUT2D eigenvalue weighted by Crippen LogP contribution is 2.10. The maximum Gasteiger partial charge on any atom is 0.202 e. The average Bonchev–Trinajstić information content (AvgIpc) is 2.96. The molecule has 1 heterocycles. The third-order valence-corrected chi connectivity index (χ3v) is 3.52. The van der Waals surface area contributed by atoms with Gasteiger partial charge in [-0.05, 0) is 24.8 Å². The van der Waals surface area contributed by atoms with Crippen LogP contribution in [0, 0.1) is 0 Å². The van der Waals surface area contributed by atoms with Crippen molar-refractivity contribution >= 4 is 11.6 Å². The van der Waals surface area contributed by atoms with Gasteiger partial charge < -0.3 is 4.42 Å². The van der Waals surface area contributed by atoms with Crippen LogP contribution in [-0.2, 0) is 17.6 Å². The standard InChI is InChI=1S/C18H21NO3/c1-14(20)17-13-22-18(19-17)12-16(21)11-7-3-6-10-15-8-4-2-5-9-15/h2,4-5,8-9,13H,3,6-7,10-12H2,1H3. The van der Waals surface area contributed by atoms with Crippen LogP contribution in [0.5, 0.6) is 0 Å². The van der Waals surface area contributed by atoms with Gasteiger partial charge in [-0.25, -0.2) is 4.98 Å². The maximum atomic E-state index is 11.8. The van der Waals surface area contributed by atoms with Crippen molar-refractivity contribution in [2.24, 2.45) is 0 Å². The van der Waals surface area contributed by atoms with Gasteiger partial charge in [-0.15, -0.1) is 0 Å². The number of carbonyl (C=O) groups is 2. The normalized spacial score (nSPS) is 10.6. The molecule has 0 N–H and O–H groups in total. The van der Waals surface area contributed by atoms with E-state index in [-0.39, 0.29) is 23.7 Å². The summed E-state index contributed by atoms with van der Waals surface area (Å²) in [6.45, 7) is 1.43. The first-order chi connectivity index (χ1) is 10.6. The monoisotopic (exact) mass is 299 g/mol. The van der Waals surface area contributed by atoms with Crippen molar-refractivity contribution in [3.8, 4) is 0 Å². The van der Waals surface area contributed by atoms with Gasteiger partial charge in [0.1, 0.15) is 17.7 Å². The van der Waals surface area contributed by atoms with Crippen molar-refractivity contribution < 1.29 is 14.0 Å².